The average Bonchev–Trinajstić information content (AvgIpc) is 2.55. The second-order valence-corrected chi connectivity index (χ2v) is 2.19. The zero-order valence-corrected chi connectivity index (χ0v) is 5.74. The van der Waals surface area contributed by atoms with E-state index in [-0.39, 0.29) is 0 Å². The molecule has 56 valence electrons. The molecule has 0 aliphatic rings. The van der Waals surface area contributed by atoms with Gasteiger partial charge in [0.1, 0.15) is 12.0 Å². The summed E-state index contributed by atoms with van der Waals surface area (Å²) < 4.78 is 4.67. The van der Waals surface area contributed by atoms with Gasteiger partial charge in [0.25, 0.3) is 0 Å². The molecule has 0 fully saturated rings. The first-order valence-corrected chi connectivity index (χ1v) is 3.21. The molecule has 2 aromatic heterocycles. The maximum absolute atomic E-state index is 5.62. The molecule has 0 saturated carbocycles. The van der Waals surface area contributed by atoms with Crippen molar-refractivity contribution in [3.63, 3.8) is 0 Å². The van der Waals surface area contributed by atoms with Crippen LogP contribution >= 0.6 is 0 Å². The van der Waals surface area contributed by atoms with Crippen LogP contribution in [0.5, 0.6) is 0 Å². The minimum absolute atomic E-state index is 0.680. The van der Waals surface area contributed by atoms with Gasteiger partial charge in [0.15, 0.2) is 0 Å². The Hall–Kier alpha value is -1.71. The fraction of sp³-hybridized carbons (Fsp3) is 0. The van der Waals surface area contributed by atoms with Gasteiger partial charge >= 0.3 is 0 Å². The SMILES string of the molecule is Nc1cc[nH]c1-c1ccon1. The molecule has 0 unspecified atom stereocenters. The van der Waals surface area contributed by atoms with Gasteiger partial charge in [-0.1, -0.05) is 5.16 Å². The van der Waals surface area contributed by atoms with Crippen molar-refractivity contribution in [2.75, 3.05) is 5.73 Å². The molecule has 2 heterocycles. The molecule has 0 bridgehead atoms. The van der Waals surface area contributed by atoms with Gasteiger partial charge in [-0.2, -0.15) is 0 Å². The number of H-pyrrole nitrogens is 1. The van der Waals surface area contributed by atoms with Crippen LogP contribution in [0.25, 0.3) is 11.4 Å². The molecule has 0 aliphatic heterocycles. The lowest BCUT2D eigenvalue weighted by Gasteiger charge is -1.90. The third kappa shape index (κ3) is 0.881. The van der Waals surface area contributed by atoms with Crippen molar-refractivity contribution in [1.82, 2.24) is 10.1 Å². The molecule has 11 heavy (non-hydrogen) atoms. The van der Waals surface area contributed by atoms with Crippen molar-refractivity contribution >= 4 is 5.69 Å². The fourth-order valence-corrected chi connectivity index (χ4v) is 0.945. The highest BCUT2D eigenvalue weighted by atomic mass is 16.5. The van der Waals surface area contributed by atoms with Gasteiger partial charge in [-0.3, -0.25) is 0 Å². The molecular weight excluding hydrogens is 142 g/mol. The largest absolute Gasteiger partial charge is 0.397 e. The Morgan fingerprint density at radius 1 is 1.45 bits per heavy atom. The molecule has 2 rings (SSSR count). The number of hydrogen-bond donors (Lipinski definition) is 2. The van der Waals surface area contributed by atoms with Crippen LogP contribution < -0.4 is 5.73 Å². The zero-order chi connectivity index (χ0) is 7.68. The fourth-order valence-electron chi connectivity index (χ4n) is 0.945. The highest BCUT2D eigenvalue weighted by molar-refractivity contribution is 5.69. The summed E-state index contributed by atoms with van der Waals surface area (Å²) in [5, 5.41) is 3.73. The highest BCUT2D eigenvalue weighted by Gasteiger charge is 2.04. The number of hydrogen-bond acceptors (Lipinski definition) is 3. The number of nitrogens with two attached hydrogens (primary N) is 1. The summed E-state index contributed by atoms with van der Waals surface area (Å²) in [4.78, 5) is 2.96. The molecule has 0 radical (unpaired) electrons. The van der Waals surface area contributed by atoms with E-state index in [2.05, 4.69) is 14.7 Å². The molecular formula is C7H7N3O. The Kier molecular flexibility index (Phi) is 1.18. The van der Waals surface area contributed by atoms with Crippen LogP contribution in [-0.4, -0.2) is 10.1 Å². The molecule has 0 aliphatic carbocycles. The number of anilines is 1. The van der Waals surface area contributed by atoms with Crippen LogP contribution in [0.1, 0.15) is 0 Å². The minimum atomic E-state index is 0.680. The van der Waals surface area contributed by atoms with Crippen molar-refractivity contribution in [3.8, 4) is 11.4 Å². The van der Waals surface area contributed by atoms with Crippen molar-refractivity contribution in [3.05, 3.63) is 24.6 Å². The minimum Gasteiger partial charge on any atom is -0.397 e. The third-order valence-corrected chi connectivity index (χ3v) is 1.47. The molecule has 0 aromatic carbocycles. The first-order chi connectivity index (χ1) is 5.38. The monoisotopic (exact) mass is 149 g/mol. The predicted octanol–water partition coefficient (Wildman–Crippen LogP) is 1.25. The third-order valence-electron chi connectivity index (χ3n) is 1.47. The number of aromatic amines is 1. The number of nitrogen functional groups attached to an aromatic ring is 1. The van der Waals surface area contributed by atoms with Crippen LogP contribution in [-0.2, 0) is 0 Å². The Balaban J connectivity index is 2.53. The van der Waals surface area contributed by atoms with E-state index < -0.39 is 0 Å². The standard InChI is InChI=1S/C7H7N3O/c8-5-1-3-9-7(5)6-2-4-11-10-6/h1-4,9H,8H2. The molecule has 3 N–H and O–H groups in total. The van der Waals surface area contributed by atoms with E-state index in [1.165, 1.54) is 6.26 Å². The summed E-state index contributed by atoms with van der Waals surface area (Å²) in [6.45, 7) is 0. The lowest BCUT2D eigenvalue weighted by Crippen LogP contribution is -1.85. The summed E-state index contributed by atoms with van der Waals surface area (Å²) in [7, 11) is 0. The molecule has 0 spiro atoms. The van der Waals surface area contributed by atoms with Crippen molar-refractivity contribution in [2.45, 2.75) is 0 Å². The van der Waals surface area contributed by atoms with Crippen molar-refractivity contribution in [2.24, 2.45) is 0 Å². The summed E-state index contributed by atoms with van der Waals surface area (Å²) in [5.74, 6) is 0. The van der Waals surface area contributed by atoms with Gasteiger partial charge in [-0.25, -0.2) is 0 Å². The second-order valence-electron chi connectivity index (χ2n) is 2.19. The summed E-state index contributed by atoms with van der Waals surface area (Å²) in [6, 6.07) is 3.53. The van der Waals surface area contributed by atoms with Gasteiger partial charge < -0.3 is 15.2 Å². The number of rotatable bonds is 1. The highest BCUT2D eigenvalue weighted by Crippen LogP contribution is 2.21. The van der Waals surface area contributed by atoms with Gasteiger partial charge in [-0.15, -0.1) is 0 Å². The Labute approximate surface area is 63.0 Å². The lowest BCUT2D eigenvalue weighted by atomic mass is 10.3. The van der Waals surface area contributed by atoms with E-state index in [0.29, 0.717) is 5.69 Å². The summed E-state index contributed by atoms with van der Waals surface area (Å²) in [6.07, 6.45) is 3.27. The van der Waals surface area contributed by atoms with E-state index >= 15 is 0 Å². The van der Waals surface area contributed by atoms with Crippen LogP contribution in [0.4, 0.5) is 5.69 Å². The van der Waals surface area contributed by atoms with Crippen LogP contribution in [0.15, 0.2) is 29.1 Å². The van der Waals surface area contributed by atoms with E-state index in [0.717, 1.165) is 11.4 Å². The maximum atomic E-state index is 5.62. The summed E-state index contributed by atoms with van der Waals surface area (Å²) >= 11 is 0. The predicted molar refractivity (Wildman–Crippen MR) is 40.7 cm³/mol. The van der Waals surface area contributed by atoms with Crippen LogP contribution in [0.2, 0.25) is 0 Å². The van der Waals surface area contributed by atoms with E-state index in [4.69, 9.17) is 5.73 Å². The quantitative estimate of drug-likeness (QED) is 0.641. The smallest absolute Gasteiger partial charge is 0.132 e. The van der Waals surface area contributed by atoms with E-state index in [1.54, 1.807) is 18.3 Å². The van der Waals surface area contributed by atoms with Crippen LogP contribution in [0, 0.1) is 0 Å². The van der Waals surface area contributed by atoms with Gasteiger partial charge in [0.05, 0.1) is 11.4 Å². The molecule has 4 heteroatoms. The van der Waals surface area contributed by atoms with Gasteiger partial charge in [0.2, 0.25) is 0 Å². The van der Waals surface area contributed by atoms with E-state index in [9.17, 15) is 0 Å². The van der Waals surface area contributed by atoms with E-state index in [1.807, 2.05) is 0 Å². The molecule has 2 aromatic rings. The molecule has 4 nitrogen and oxygen atoms in total. The van der Waals surface area contributed by atoms with Crippen LogP contribution in [0.3, 0.4) is 0 Å². The topological polar surface area (TPSA) is 67.8 Å². The van der Waals surface area contributed by atoms with Gasteiger partial charge in [0, 0.05) is 12.3 Å². The first-order valence-electron chi connectivity index (χ1n) is 3.21. The molecule has 0 amide bonds. The van der Waals surface area contributed by atoms with Crippen molar-refractivity contribution < 1.29 is 4.52 Å². The molecule has 0 saturated heterocycles. The number of aromatic nitrogens is 2. The Morgan fingerprint density at radius 3 is 2.91 bits per heavy atom. The second kappa shape index (κ2) is 2.16. The number of nitrogens with one attached hydrogen (secondary N) is 1. The summed E-state index contributed by atoms with van der Waals surface area (Å²) in [5.41, 5.74) is 7.83. The number of nitrogens with zero attached hydrogens (tertiary/aromatic N) is 1. The Bertz CT molecular complexity index is 336. The lowest BCUT2D eigenvalue weighted by molar-refractivity contribution is 0.422. The van der Waals surface area contributed by atoms with Gasteiger partial charge in [-0.05, 0) is 6.07 Å². The molecule has 0 atom stereocenters. The first kappa shape index (κ1) is 6.03. The van der Waals surface area contributed by atoms with Crippen molar-refractivity contribution in [1.29, 1.82) is 0 Å². The maximum Gasteiger partial charge on any atom is 0.132 e. The zero-order valence-electron chi connectivity index (χ0n) is 5.74. The normalized spacial score (nSPS) is 10.2. The Morgan fingerprint density at radius 2 is 2.36 bits per heavy atom. The average molecular weight is 149 g/mol.